The quantitative estimate of drug-likeness (QED) is 0.304. The molecule has 2 heterocycles. The van der Waals surface area contributed by atoms with Crippen molar-refractivity contribution in [3.05, 3.63) is 85.1 Å². The molecule has 3 rings (SSSR count). The van der Waals surface area contributed by atoms with E-state index < -0.39 is 16.1 Å². The number of nitrogens with zero attached hydrogens (tertiary/aromatic N) is 2. The molecule has 9 nitrogen and oxygen atoms in total. The maximum absolute atomic E-state index is 11.7. The molecule has 1 aromatic heterocycles. The van der Waals surface area contributed by atoms with E-state index in [1.54, 1.807) is 31.4 Å². The molecule has 1 aliphatic heterocycles. The molecule has 34 heavy (non-hydrogen) atoms. The topological polar surface area (TPSA) is 110 Å². The van der Waals surface area contributed by atoms with Crippen molar-refractivity contribution >= 4 is 22.2 Å². The van der Waals surface area contributed by atoms with Crippen LogP contribution in [0, 0.1) is 0 Å². The summed E-state index contributed by atoms with van der Waals surface area (Å²) < 4.78 is 46.0. The minimum Gasteiger partial charge on any atom is -0.467 e. The summed E-state index contributed by atoms with van der Waals surface area (Å²) in [5, 5.41) is 0. The number of ether oxygens (including phenoxy) is 2. The molecule has 1 aromatic carbocycles. The molecule has 0 spiro atoms. The molecule has 0 radical (unpaired) electrons. The van der Waals surface area contributed by atoms with Gasteiger partial charge in [-0.2, -0.15) is 8.42 Å². The summed E-state index contributed by atoms with van der Waals surface area (Å²) >= 11 is 0. The van der Waals surface area contributed by atoms with Gasteiger partial charge in [-0.05, 0) is 36.8 Å². The van der Waals surface area contributed by atoms with Crippen LogP contribution in [0.3, 0.4) is 0 Å². The number of hydrogen-bond acceptors (Lipinski definition) is 8. The zero-order chi connectivity index (χ0) is 25.1. The van der Waals surface area contributed by atoms with Crippen molar-refractivity contribution in [2.24, 2.45) is 0 Å². The Morgan fingerprint density at radius 2 is 1.97 bits per heavy atom. The van der Waals surface area contributed by atoms with Crippen molar-refractivity contribution in [2.45, 2.75) is 24.5 Å². The SMILES string of the molecule is C=C(C)C(=O)OC(COCc1ccco1)CN1C=CN(C)C1.C=Cc1ccc(S(=O)(=O)O)cc1. The van der Waals surface area contributed by atoms with Crippen molar-refractivity contribution in [1.29, 1.82) is 0 Å². The Kier molecular flexibility index (Phi) is 10.1. The first-order valence-electron chi connectivity index (χ1n) is 10.4. The Morgan fingerprint density at radius 3 is 2.47 bits per heavy atom. The number of rotatable bonds is 10. The van der Waals surface area contributed by atoms with Crippen LogP contribution in [0.25, 0.3) is 6.08 Å². The summed E-state index contributed by atoms with van der Waals surface area (Å²) in [6, 6.07) is 9.43. The van der Waals surface area contributed by atoms with E-state index >= 15 is 0 Å². The summed E-state index contributed by atoms with van der Waals surface area (Å²) in [6.45, 7) is 10.7. The highest BCUT2D eigenvalue weighted by molar-refractivity contribution is 7.85. The van der Waals surface area contributed by atoms with Gasteiger partial charge in [0.1, 0.15) is 18.5 Å². The number of carbonyl (C=O) groups is 1. The smallest absolute Gasteiger partial charge is 0.333 e. The zero-order valence-corrected chi connectivity index (χ0v) is 20.1. The third kappa shape index (κ3) is 9.26. The van der Waals surface area contributed by atoms with Crippen LogP contribution in [-0.4, -0.2) is 61.7 Å². The highest BCUT2D eigenvalue weighted by atomic mass is 32.2. The molecule has 0 aliphatic carbocycles. The van der Waals surface area contributed by atoms with Gasteiger partial charge in [0.15, 0.2) is 0 Å². The van der Waals surface area contributed by atoms with Crippen molar-refractivity contribution in [3.63, 3.8) is 0 Å². The number of esters is 1. The van der Waals surface area contributed by atoms with E-state index in [0.29, 0.717) is 25.3 Å². The normalized spacial score (nSPS) is 13.7. The fraction of sp³-hybridized carbons (Fsp3) is 0.292. The molecular formula is C24H30N2O7S. The Labute approximate surface area is 200 Å². The molecule has 0 saturated heterocycles. The number of carbonyl (C=O) groups excluding carboxylic acids is 1. The average Bonchev–Trinajstić information content (AvgIpc) is 3.45. The van der Waals surface area contributed by atoms with Gasteiger partial charge in [-0.25, -0.2) is 4.79 Å². The van der Waals surface area contributed by atoms with Crippen LogP contribution in [0.5, 0.6) is 0 Å². The maximum Gasteiger partial charge on any atom is 0.333 e. The second-order valence-electron chi connectivity index (χ2n) is 7.62. The van der Waals surface area contributed by atoms with Crippen LogP contribution in [0.2, 0.25) is 0 Å². The molecule has 184 valence electrons. The van der Waals surface area contributed by atoms with Crippen LogP contribution < -0.4 is 0 Å². The molecule has 0 amide bonds. The van der Waals surface area contributed by atoms with E-state index in [9.17, 15) is 13.2 Å². The number of furan rings is 1. The van der Waals surface area contributed by atoms with Crippen molar-refractivity contribution in [2.75, 3.05) is 26.9 Å². The van der Waals surface area contributed by atoms with Gasteiger partial charge in [-0.3, -0.25) is 4.55 Å². The first-order valence-corrected chi connectivity index (χ1v) is 11.8. The van der Waals surface area contributed by atoms with Crippen LogP contribution in [0.4, 0.5) is 0 Å². The first-order chi connectivity index (χ1) is 16.1. The van der Waals surface area contributed by atoms with Gasteiger partial charge in [0.2, 0.25) is 0 Å². The predicted octanol–water partition coefficient (Wildman–Crippen LogP) is 3.54. The van der Waals surface area contributed by atoms with Gasteiger partial charge in [-0.15, -0.1) is 0 Å². The van der Waals surface area contributed by atoms with Crippen LogP contribution in [-0.2, 0) is 31.0 Å². The monoisotopic (exact) mass is 490 g/mol. The van der Waals surface area contributed by atoms with Crippen molar-refractivity contribution < 1.29 is 31.7 Å². The van der Waals surface area contributed by atoms with E-state index in [1.807, 2.05) is 36.5 Å². The Bertz CT molecular complexity index is 1080. The van der Waals surface area contributed by atoms with Crippen molar-refractivity contribution in [1.82, 2.24) is 9.80 Å². The van der Waals surface area contributed by atoms with Gasteiger partial charge in [0, 0.05) is 25.0 Å². The van der Waals surface area contributed by atoms with E-state index in [-0.39, 0.29) is 11.0 Å². The highest BCUT2D eigenvalue weighted by Crippen LogP contribution is 2.11. The van der Waals surface area contributed by atoms with Crippen LogP contribution >= 0.6 is 0 Å². The molecule has 1 N–H and O–H groups in total. The Balaban J connectivity index is 0.000000287. The van der Waals surface area contributed by atoms with Gasteiger partial charge in [-0.1, -0.05) is 31.4 Å². The molecule has 1 atom stereocenters. The van der Waals surface area contributed by atoms with Gasteiger partial charge in [0.05, 0.1) is 31.0 Å². The third-order valence-electron chi connectivity index (χ3n) is 4.54. The summed E-state index contributed by atoms with van der Waals surface area (Å²) in [5.41, 5.74) is 1.19. The summed E-state index contributed by atoms with van der Waals surface area (Å²) in [6.07, 6.45) is 6.76. The molecule has 1 aliphatic rings. The zero-order valence-electron chi connectivity index (χ0n) is 19.3. The molecule has 10 heteroatoms. The lowest BCUT2D eigenvalue weighted by molar-refractivity contribution is -0.148. The maximum atomic E-state index is 11.7. The molecular weight excluding hydrogens is 460 g/mol. The fourth-order valence-electron chi connectivity index (χ4n) is 2.81. The fourth-order valence-corrected chi connectivity index (χ4v) is 3.29. The van der Waals surface area contributed by atoms with E-state index in [2.05, 4.69) is 18.1 Å². The lowest BCUT2D eigenvalue weighted by Gasteiger charge is -2.24. The summed E-state index contributed by atoms with van der Waals surface area (Å²) in [5.74, 6) is 0.342. The molecule has 0 saturated carbocycles. The van der Waals surface area contributed by atoms with Gasteiger partial charge >= 0.3 is 5.97 Å². The first kappa shape index (κ1) is 26.9. The lowest BCUT2D eigenvalue weighted by Crippen LogP contribution is -2.36. The standard InChI is InChI=1S/C16H22N2O4.C8H8O3S/c1-13(2)16(19)22-15(9-18-7-6-17(3)12-18)11-20-10-14-5-4-8-21-14;1-2-7-3-5-8(6-4-7)12(9,10)11/h4-8,15H,1,9-12H2,2-3H3;2-6H,1H2,(H,9,10,11). The minimum atomic E-state index is -4.06. The van der Waals surface area contributed by atoms with Crippen LogP contribution in [0.15, 0.2) is 83.1 Å². The van der Waals surface area contributed by atoms with Gasteiger partial charge < -0.3 is 23.7 Å². The number of hydrogen-bond donors (Lipinski definition) is 1. The number of benzene rings is 1. The molecule has 2 aromatic rings. The molecule has 0 bridgehead atoms. The van der Waals surface area contributed by atoms with Crippen LogP contribution in [0.1, 0.15) is 18.2 Å². The minimum absolute atomic E-state index is 0.104. The largest absolute Gasteiger partial charge is 0.467 e. The lowest BCUT2D eigenvalue weighted by atomic mass is 10.2. The van der Waals surface area contributed by atoms with E-state index in [0.717, 1.165) is 18.0 Å². The Morgan fingerprint density at radius 1 is 1.26 bits per heavy atom. The second kappa shape index (κ2) is 12.8. The third-order valence-corrected chi connectivity index (χ3v) is 5.41. The van der Waals surface area contributed by atoms with E-state index in [1.165, 1.54) is 12.1 Å². The van der Waals surface area contributed by atoms with Gasteiger partial charge in [0.25, 0.3) is 10.1 Å². The molecule has 1 unspecified atom stereocenters. The summed E-state index contributed by atoms with van der Waals surface area (Å²) in [7, 11) is -2.08. The van der Waals surface area contributed by atoms with Crippen molar-refractivity contribution in [3.8, 4) is 0 Å². The van der Waals surface area contributed by atoms with E-state index in [4.69, 9.17) is 18.4 Å². The predicted molar refractivity (Wildman–Crippen MR) is 128 cm³/mol. The molecule has 0 fully saturated rings. The second-order valence-corrected chi connectivity index (χ2v) is 9.04. The summed E-state index contributed by atoms with van der Waals surface area (Å²) in [4.78, 5) is 15.7. The average molecular weight is 491 g/mol. The highest BCUT2D eigenvalue weighted by Gasteiger charge is 2.20. The Hall–Kier alpha value is -3.34.